The van der Waals surface area contributed by atoms with E-state index in [4.69, 9.17) is 0 Å². The first-order valence-corrected chi connectivity index (χ1v) is 44.0. The lowest BCUT2D eigenvalue weighted by Gasteiger charge is -2.46. The normalized spacial score (nSPS) is 16.1. The summed E-state index contributed by atoms with van der Waals surface area (Å²) in [6.45, 7) is 55.0. The number of fused-ring (bicyclic) bond motifs is 10. The lowest BCUT2D eigenvalue weighted by molar-refractivity contribution is 0.411. The van der Waals surface area contributed by atoms with Gasteiger partial charge in [0.2, 0.25) is 0 Å². The summed E-state index contributed by atoms with van der Waals surface area (Å²) in [7, 11) is 0. The van der Waals surface area contributed by atoms with Crippen molar-refractivity contribution in [1.29, 1.82) is 0 Å². The smallest absolute Gasteiger partial charge is 0.252 e. The summed E-state index contributed by atoms with van der Waals surface area (Å²) < 4.78 is 164. The van der Waals surface area contributed by atoms with Gasteiger partial charge in [0.1, 0.15) is 0 Å². The summed E-state index contributed by atoms with van der Waals surface area (Å²) in [6, 6.07) is 67.9. The average molecular weight is 1630 g/mol. The number of benzene rings is 13. The van der Waals surface area contributed by atoms with Gasteiger partial charge in [-0.15, -0.1) is 0 Å². The van der Waals surface area contributed by atoms with Crippen molar-refractivity contribution in [1.82, 2.24) is 9.13 Å². The predicted molar refractivity (Wildman–Crippen MR) is 537 cm³/mol. The molecule has 5 heteroatoms. The van der Waals surface area contributed by atoms with E-state index in [-0.39, 0.29) is 46.0 Å². The summed E-state index contributed by atoms with van der Waals surface area (Å²) in [5.41, 5.74) is 15.6. The van der Waals surface area contributed by atoms with Crippen LogP contribution in [0.4, 0.5) is 34.1 Å². The summed E-state index contributed by atoms with van der Waals surface area (Å²) in [5.74, 6) is 0. The quantitative estimate of drug-likeness (QED) is 0.113. The Kier molecular flexibility index (Phi) is 16.2. The fourth-order valence-corrected chi connectivity index (χ4v) is 18.4. The van der Waals surface area contributed by atoms with Crippen LogP contribution in [0.15, 0.2) is 255 Å². The molecule has 0 aliphatic carbocycles. The molecule has 0 amide bonds. The molecule has 15 aromatic rings. The third-order valence-corrected chi connectivity index (χ3v) is 24.1. The van der Waals surface area contributed by atoms with E-state index in [2.05, 4.69) is 271 Å². The van der Waals surface area contributed by atoms with Gasteiger partial charge in [0, 0.05) is 88.9 Å². The lowest BCUT2D eigenvalue weighted by Crippen LogP contribution is -2.61. The van der Waals surface area contributed by atoms with E-state index in [1.165, 1.54) is 0 Å². The molecular formula is C118H131BN4. The second-order valence-corrected chi connectivity index (χ2v) is 44.0. The summed E-state index contributed by atoms with van der Waals surface area (Å²) in [6.07, 6.45) is -7.84. The molecule has 13 aromatic carbocycles. The van der Waals surface area contributed by atoms with Crippen LogP contribution in [0.3, 0.4) is 0 Å². The van der Waals surface area contributed by atoms with E-state index >= 15 is 0 Å². The van der Waals surface area contributed by atoms with Gasteiger partial charge < -0.3 is 18.9 Å². The molecule has 123 heavy (non-hydrogen) atoms. The molecule has 0 radical (unpaired) electrons. The SMILES string of the molecule is [2H]c1c([2H])c([2H])c2c(c1[2H])c1cc(C([2H])([2H])C(C)(C)C)ccc1n2-c1ccc2c(c1)N(c1c(-c3cccc(C(C)(C)C)c3)cc(C([2H])([2H])C(C)(C)C)cc1-c1cccc(C(C)(C)C)c1)c1cc(C(C)(C)C)cc3c1B2c1ccc(-n2c4ccc(C([2H])([2H])C(C)(C)C)cc4c4c([2H])c([2H])c([2H])c([2H])c42)cc1N3c1c(-c2cccc(C(C)(C)C)c2)cc(C([2H])([2H])C(C)(C)C)cc1-c1cccc(C(C)(C)C)c1. The van der Waals surface area contributed by atoms with E-state index in [0.29, 0.717) is 100 Å². The Labute approximate surface area is 759 Å². The van der Waals surface area contributed by atoms with Crippen LogP contribution >= 0.6 is 0 Å². The molecule has 0 fully saturated rings. The van der Waals surface area contributed by atoms with Crippen molar-refractivity contribution in [3.63, 3.8) is 0 Å². The Hall–Kier alpha value is -10.9. The van der Waals surface area contributed by atoms with Crippen LogP contribution in [0.5, 0.6) is 0 Å². The number of aromatic nitrogens is 2. The van der Waals surface area contributed by atoms with Gasteiger partial charge in [0.25, 0.3) is 6.71 Å². The van der Waals surface area contributed by atoms with Gasteiger partial charge in [0.05, 0.1) is 44.4 Å². The number of hydrogen-bond donors (Lipinski definition) is 0. The van der Waals surface area contributed by atoms with Crippen LogP contribution in [0, 0.1) is 21.7 Å². The first kappa shape index (κ1) is 66.7. The molecule has 17 rings (SSSR count). The summed E-state index contributed by atoms with van der Waals surface area (Å²) >= 11 is 0. The Balaban J connectivity index is 1.15. The molecule has 0 unspecified atom stereocenters. The Morgan fingerprint density at radius 2 is 0.569 bits per heavy atom. The molecule has 0 bridgehead atoms. The van der Waals surface area contributed by atoms with Crippen LogP contribution < -0.4 is 26.2 Å². The average Bonchev–Trinajstić information content (AvgIpc) is 1.11. The number of nitrogens with zero attached hydrogens (tertiary/aromatic N) is 4. The molecule has 2 aliphatic heterocycles. The maximum atomic E-state index is 10.7. The minimum Gasteiger partial charge on any atom is -0.310 e. The zero-order valence-corrected chi connectivity index (χ0v) is 77.5. The van der Waals surface area contributed by atoms with Crippen molar-refractivity contribution < 1.29 is 21.9 Å². The number of para-hydroxylation sites is 2. The molecular weight excluding hydrogens is 1480 g/mol. The lowest BCUT2D eigenvalue weighted by atomic mass is 9.33. The minimum absolute atomic E-state index is 0.183. The zero-order valence-electron chi connectivity index (χ0n) is 93.5. The molecule has 0 N–H and O–H groups in total. The third kappa shape index (κ3) is 16.3. The molecule has 0 spiro atoms. The number of hydrogen-bond acceptors (Lipinski definition) is 2. The fourth-order valence-electron chi connectivity index (χ4n) is 18.4. The molecule has 626 valence electrons. The second kappa shape index (κ2) is 30.0. The van der Waals surface area contributed by atoms with Crippen molar-refractivity contribution in [3.8, 4) is 55.9 Å². The molecule has 2 aromatic heterocycles. The first-order valence-electron chi connectivity index (χ1n) is 52.0. The maximum Gasteiger partial charge on any atom is 0.252 e. The van der Waals surface area contributed by atoms with Crippen molar-refractivity contribution in [2.24, 2.45) is 21.7 Å². The second-order valence-electron chi connectivity index (χ2n) is 44.0. The molecule has 0 saturated heterocycles. The third-order valence-electron chi connectivity index (χ3n) is 24.1. The zero-order chi connectivity index (χ0) is 102. The topological polar surface area (TPSA) is 16.3 Å². The molecule has 4 heterocycles. The number of anilines is 6. The van der Waals surface area contributed by atoms with Crippen molar-refractivity contribution >= 4 is 101 Å². The van der Waals surface area contributed by atoms with E-state index in [1.54, 1.807) is 24.3 Å². The van der Waals surface area contributed by atoms with Gasteiger partial charge in [-0.05, 0) is 260 Å². The van der Waals surface area contributed by atoms with Gasteiger partial charge in [-0.2, -0.15) is 0 Å². The highest BCUT2D eigenvalue weighted by molar-refractivity contribution is 7.00. The van der Waals surface area contributed by atoms with Gasteiger partial charge in [-0.3, -0.25) is 0 Å². The molecule has 4 nitrogen and oxygen atoms in total. The van der Waals surface area contributed by atoms with Gasteiger partial charge in [-0.1, -0.05) is 345 Å². The highest BCUT2D eigenvalue weighted by Crippen LogP contribution is 2.57. The number of rotatable bonds is 12. The Bertz CT molecular complexity index is 7040. The van der Waals surface area contributed by atoms with Crippen molar-refractivity contribution in [3.05, 3.63) is 305 Å². The molecule has 0 saturated carbocycles. The Morgan fingerprint density at radius 3 is 0.870 bits per heavy atom. The monoisotopic (exact) mass is 1630 g/mol. The van der Waals surface area contributed by atoms with Crippen LogP contribution in [0.1, 0.15) is 259 Å². The highest BCUT2D eigenvalue weighted by Gasteiger charge is 2.47. The van der Waals surface area contributed by atoms with Crippen LogP contribution in [-0.2, 0) is 52.6 Å². The molecule has 0 atom stereocenters. The fraction of sp³-hybridized carbons (Fsp3) is 0.339. The minimum atomic E-state index is -1.99. The van der Waals surface area contributed by atoms with E-state index in [1.807, 2.05) is 116 Å². The van der Waals surface area contributed by atoms with Gasteiger partial charge in [-0.25, -0.2) is 0 Å². The summed E-state index contributed by atoms with van der Waals surface area (Å²) in [4.78, 5) is 4.80. The first-order chi connectivity index (χ1) is 64.0. The van der Waals surface area contributed by atoms with Crippen LogP contribution in [0.2, 0.25) is 0 Å². The Morgan fingerprint density at radius 1 is 0.268 bits per heavy atom. The standard InChI is InChI=1S/C118H131BN4/c1-110(2,3)70-74-48-54-101-95(56-74)89-44-28-30-46-99(89)120(101)87-50-52-97-103(68-87)122(108-91(78-36-32-40-82(62-78)114(13,14)15)58-76(72-112(7,8)9)59-92(108)79-37-33-41-83(63-79)115(16,17)18)105-66-86(118(25,26)27)67-106-107(105)119(97)98-53-51-88(121-100-47-31-29-45-90(100)96-57-75(49-55-102(96)121)71-111(4,5)6)69-104(98)123(106)109-93(80-38-34-42-84(64-80)116(19,20)21)60-77(73-113(10,11)12)61-94(109)81-39-35-43-85(65-81)117(22,23)24/h28-69H,70-73H2,1-27H3/i28D,29D,30D,31D,44D,45D,46D,47D,70D2,71D2,72D2,73D2. The van der Waals surface area contributed by atoms with Gasteiger partial charge >= 0.3 is 0 Å². The molecule has 2 aliphatic rings. The van der Waals surface area contributed by atoms with E-state index in [0.717, 1.165) is 77.8 Å². The predicted octanol–water partition coefficient (Wildman–Crippen LogP) is 31.5. The van der Waals surface area contributed by atoms with E-state index < -0.39 is 105 Å². The van der Waals surface area contributed by atoms with E-state index in [9.17, 15) is 21.9 Å². The maximum absolute atomic E-state index is 10.7. The van der Waals surface area contributed by atoms with Gasteiger partial charge in [0.15, 0.2) is 0 Å². The van der Waals surface area contributed by atoms with Crippen LogP contribution in [0.25, 0.3) is 99.5 Å². The highest BCUT2D eigenvalue weighted by atomic mass is 15.2. The van der Waals surface area contributed by atoms with Crippen molar-refractivity contribution in [2.75, 3.05) is 9.80 Å². The summed E-state index contributed by atoms with van der Waals surface area (Å²) in [5, 5.41) is 1.29. The van der Waals surface area contributed by atoms with Crippen LogP contribution in [-0.4, -0.2) is 15.8 Å². The van der Waals surface area contributed by atoms with Crippen molar-refractivity contribution in [2.45, 2.75) is 240 Å². The largest absolute Gasteiger partial charge is 0.310 e.